The van der Waals surface area contributed by atoms with Crippen molar-refractivity contribution in [1.82, 2.24) is 9.88 Å². The Kier molecular flexibility index (Phi) is 4.86. The minimum Gasteiger partial charge on any atom is -0.373 e. The van der Waals surface area contributed by atoms with Gasteiger partial charge >= 0.3 is 0 Å². The molecule has 0 unspecified atom stereocenters. The quantitative estimate of drug-likeness (QED) is 0.871. The maximum Gasteiger partial charge on any atom is 0.254 e. The summed E-state index contributed by atoms with van der Waals surface area (Å²) in [5.41, 5.74) is 1.70. The maximum atomic E-state index is 12.9. The number of aromatic nitrogens is 1. The van der Waals surface area contributed by atoms with Crippen molar-refractivity contribution in [2.45, 2.75) is 52.5 Å². The van der Waals surface area contributed by atoms with Gasteiger partial charge in [0.25, 0.3) is 5.91 Å². The van der Waals surface area contributed by atoms with Crippen molar-refractivity contribution in [2.75, 3.05) is 18.9 Å². The lowest BCUT2D eigenvalue weighted by Crippen LogP contribution is -2.38. The minimum absolute atomic E-state index is 0.123. The molecule has 0 bridgehead atoms. The first kappa shape index (κ1) is 15.8. The van der Waals surface area contributed by atoms with E-state index in [4.69, 9.17) is 0 Å². The molecule has 1 amide bonds. The van der Waals surface area contributed by atoms with Crippen LogP contribution in [0.2, 0.25) is 0 Å². The molecule has 0 saturated heterocycles. The summed E-state index contributed by atoms with van der Waals surface area (Å²) < 4.78 is 0. The smallest absolute Gasteiger partial charge is 0.254 e. The molecule has 1 heterocycles. The zero-order valence-corrected chi connectivity index (χ0v) is 13.8. The molecule has 0 radical (unpaired) electrons. The van der Waals surface area contributed by atoms with Gasteiger partial charge in [-0.3, -0.25) is 4.79 Å². The summed E-state index contributed by atoms with van der Waals surface area (Å²) in [6, 6.07) is 4.03. The molecule has 1 aromatic heterocycles. The van der Waals surface area contributed by atoms with Crippen molar-refractivity contribution in [3.05, 3.63) is 23.4 Å². The van der Waals surface area contributed by atoms with Crippen LogP contribution in [0.15, 0.2) is 12.1 Å². The van der Waals surface area contributed by atoms with Crippen LogP contribution in [0.25, 0.3) is 0 Å². The van der Waals surface area contributed by atoms with Crippen molar-refractivity contribution < 1.29 is 4.79 Å². The van der Waals surface area contributed by atoms with Crippen LogP contribution in [0, 0.1) is 5.92 Å². The summed E-state index contributed by atoms with van der Waals surface area (Å²) in [4.78, 5) is 19.4. The molecule has 0 spiro atoms. The van der Waals surface area contributed by atoms with E-state index in [9.17, 15) is 4.79 Å². The second-order valence-electron chi connectivity index (χ2n) is 6.57. The third-order valence-electron chi connectivity index (χ3n) is 3.98. The van der Waals surface area contributed by atoms with Gasteiger partial charge < -0.3 is 10.2 Å². The molecule has 1 aromatic rings. The van der Waals surface area contributed by atoms with E-state index in [-0.39, 0.29) is 11.9 Å². The van der Waals surface area contributed by atoms with E-state index in [0.717, 1.165) is 23.6 Å². The number of nitrogens with zero attached hydrogens (tertiary/aromatic N) is 2. The Hall–Kier alpha value is -1.58. The number of anilines is 1. The molecule has 1 N–H and O–H groups in total. The normalized spacial score (nSPS) is 14.6. The standard InChI is InChI=1S/C17H27N3O/c1-11(2)15-8-14(9-16(18-5)19-15)17(21)20(12(3)4)10-13-6-7-13/h8-9,11-13H,6-7,10H2,1-5H3,(H,18,19). The third kappa shape index (κ3) is 3.96. The highest BCUT2D eigenvalue weighted by Crippen LogP contribution is 2.31. The van der Waals surface area contributed by atoms with Crippen LogP contribution >= 0.6 is 0 Å². The molecular formula is C17H27N3O. The van der Waals surface area contributed by atoms with Crippen LogP contribution in [0.1, 0.15) is 62.5 Å². The van der Waals surface area contributed by atoms with Gasteiger partial charge in [-0.2, -0.15) is 0 Å². The molecule has 4 heteroatoms. The van der Waals surface area contributed by atoms with Crippen LogP contribution in [-0.2, 0) is 0 Å². The lowest BCUT2D eigenvalue weighted by Gasteiger charge is -2.27. The zero-order chi connectivity index (χ0) is 15.6. The third-order valence-corrected chi connectivity index (χ3v) is 3.98. The summed E-state index contributed by atoms with van der Waals surface area (Å²) >= 11 is 0. The Labute approximate surface area is 127 Å². The molecule has 21 heavy (non-hydrogen) atoms. The van der Waals surface area contributed by atoms with E-state index in [1.807, 2.05) is 24.1 Å². The number of pyridine rings is 1. The van der Waals surface area contributed by atoms with Gasteiger partial charge in [-0.25, -0.2) is 4.98 Å². The lowest BCUT2D eigenvalue weighted by molar-refractivity contribution is 0.0696. The highest BCUT2D eigenvalue weighted by Gasteiger charge is 2.29. The van der Waals surface area contributed by atoms with Gasteiger partial charge in [0.2, 0.25) is 0 Å². The fraction of sp³-hybridized carbons (Fsp3) is 0.647. The second kappa shape index (κ2) is 6.46. The van der Waals surface area contributed by atoms with Crippen LogP contribution < -0.4 is 5.32 Å². The van der Waals surface area contributed by atoms with Gasteiger partial charge in [0.05, 0.1) is 0 Å². The zero-order valence-electron chi connectivity index (χ0n) is 13.8. The average Bonchev–Trinajstić information content (AvgIpc) is 3.27. The molecule has 1 aliphatic rings. The predicted octanol–water partition coefficient (Wildman–Crippen LogP) is 3.51. The summed E-state index contributed by atoms with van der Waals surface area (Å²) in [5, 5.41) is 3.06. The molecule has 4 nitrogen and oxygen atoms in total. The largest absolute Gasteiger partial charge is 0.373 e. The first-order valence-corrected chi connectivity index (χ1v) is 7.93. The van der Waals surface area contributed by atoms with Gasteiger partial charge in [0, 0.05) is 30.9 Å². The summed E-state index contributed by atoms with van der Waals surface area (Å²) in [5.74, 6) is 1.89. The van der Waals surface area contributed by atoms with Crippen LogP contribution in [0.4, 0.5) is 5.82 Å². The van der Waals surface area contributed by atoms with Gasteiger partial charge in [-0.05, 0) is 50.7 Å². The summed E-state index contributed by atoms with van der Waals surface area (Å²) in [6.45, 7) is 9.25. The number of carbonyl (C=O) groups excluding carboxylic acids is 1. The van der Waals surface area contributed by atoms with E-state index in [0.29, 0.717) is 11.8 Å². The molecule has 0 aromatic carbocycles. The van der Waals surface area contributed by atoms with Crippen LogP contribution in [0.3, 0.4) is 0 Å². The van der Waals surface area contributed by atoms with Gasteiger partial charge in [-0.1, -0.05) is 13.8 Å². The minimum atomic E-state index is 0.123. The molecule has 0 aliphatic heterocycles. The molecule has 1 fully saturated rings. The Morgan fingerprint density at radius 3 is 2.48 bits per heavy atom. The average molecular weight is 289 g/mol. The van der Waals surface area contributed by atoms with Crippen molar-refractivity contribution in [2.24, 2.45) is 5.92 Å². The first-order valence-electron chi connectivity index (χ1n) is 7.93. The van der Waals surface area contributed by atoms with E-state index in [1.54, 1.807) is 0 Å². The van der Waals surface area contributed by atoms with Crippen LogP contribution in [-0.4, -0.2) is 35.4 Å². The monoisotopic (exact) mass is 289 g/mol. The Balaban J connectivity index is 2.28. The summed E-state index contributed by atoms with van der Waals surface area (Å²) in [7, 11) is 1.84. The van der Waals surface area contributed by atoms with Gasteiger partial charge in [0.15, 0.2) is 0 Å². The first-order chi connectivity index (χ1) is 9.92. The molecule has 0 atom stereocenters. The number of carbonyl (C=O) groups is 1. The molecular weight excluding hydrogens is 262 g/mol. The molecule has 1 saturated carbocycles. The maximum absolute atomic E-state index is 12.9. The van der Waals surface area contributed by atoms with Gasteiger partial charge in [-0.15, -0.1) is 0 Å². The number of amides is 1. The number of rotatable bonds is 6. The number of hydrogen-bond donors (Lipinski definition) is 1. The van der Waals surface area contributed by atoms with Crippen LogP contribution in [0.5, 0.6) is 0 Å². The number of hydrogen-bond acceptors (Lipinski definition) is 3. The van der Waals surface area contributed by atoms with Crippen molar-refractivity contribution in [3.8, 4) is 0 Å². The molecule has 2 rings (SSSR count). The van der Waals surface area contributed by atoms with E-state index < -0.39 is 0 Å². The van der Waals surface area contributed by atoms with Gasteiger partial charge in [0.1, 0.15) is 5.82 Å². The lowest BCUT2D eigenvalue weighted by atomic mass is 10.1. The second-order valence-corrected chi connectivity index (χ2v) is 6.57. The van der Waals surface area contributed by atoms with E-state index in [2.05, 4.69) is 38.0 Å². The Morgan fingerprint density at radius 1 is 1.33 bits per heavy atom. The highest BCUT2D eigenvalue weighted by atomic mass is 16.2. The Bertz CT molecular complexity index is 507. The highest BCUT2D eigenvalue weighted by molar-refractivity contribution is 5.95. The topological polar surface area (TPSA) is 45.2 Å². The molecule has 116 valence electrons. The Morgan fingerprint density at radius 2 is 2.00 bits per heavy atom. The SMILES string of the molecule is CNc1cc(C(=O)N(CC2CC2)C(C)C)cc(C(C)C)n1. The van der Waals surface area contributed by atoms with Crippen molar-refractivity contribution >= 4 is 11.7 Å². The fourth-order valence-electron chi connectivity index (χ4n) is 2.37. The van der Waals surface area contributed by atoms with Crippen molar-refractivity contribution in [1.29, 1.82) is 0 Å². The van der Waals surface area contributed by atoms with E-state index >= 15 is 0 Å². The predicted molar refractivity (Wildman–Crippen MR) is 86.8 cm³/mol. The van der Waals surface area contributed by atoms with E-state index in [1.165, 1.54) is 12.8 Å². The fourth-order valence-corrected chi connectivity index (χ4v) is 2.37. The number of nitrogens with one attached hydrogen (secondary N) is 1. The van der Waals surface area contributed by atoms with Crippen molar-refractivity contribution in [3.63, 3.8) is 0 Å². The molecule has 1 aliphatic carbocycles. The summed E-state index contributed by atoms with van der Waals surface area (Å²) in [6.07, 6.45) is 2.51.